The van der Waals surface area contributed by atoms with Gasteiger partial charge in [-0.25, -0.2) is 8.78 Å². The summed E-state index contributed by atoms with van der Waals surface area (Å²) >= 11 is 3.07. The van der Waals surface area contributed by atoms with Gasteiger partial charge in [0.05, 0.1) is 5.56 Å². The van der Waals surface area contributed by atoms with Crippen LogP contribution in [-0.2, 0) is 0 Å². The highest BCUT2D eigenvalue weighted by atomic mass is 79.9. The van der Waals surface area contributed by atoms with Crippen molar-refractivity contribution in [1.82, 2.24) is 5.32 Å². The average molecular weight is 370 g/mol. The smallest absolute Gasteiger partial charge is 0.252 e. The van der Waals surface area contributed by atoms with Crippen molar-refractivity contribution in [2.24, 2.45) is 5.73 Å². The Morgan fingerprint density at radius 1 is 1.20 bits per heavy atom. The van der Waals surface area contributed by atoms with E-state index < -0.39 is 17.5 Å². The number of carbonyl (C=O) groups excluding carboxylic acids is 1. The Bertz CT molecular complexity index is 494. The van der Waals surface area contributed by atoms with Crippen LogP contribution in [0.2, 0.25) is 0 Å². The van der Waals surface area contributed by atoms with E-state index in [0.29, 0.717) is 0 Å². The summed E-state index contributed by atoms with van der Waals surface area (Å²) in [6, 6.07) is 2.11. The minimum absolute atomic E-state index is 0. The van der Waals surface area contributed by atoms with Crippen LogP contribution >= 0.6 is 28.3 Å². The van der Waals surface area contributed by atoms with E-state index in [1.807, 2.05) is 0 Å². The second-order valence-corrected chi connectivity index (χ2v) is 5.69. The van der Waals surface area contributed by atoms with Gasteiger partial charge in [-0.15, -0.1) is 12.4 Å². The minimum atomic E-state index is -1.03. The molecule has 20 heavy (non-hydrogen) atoms. The molecule has 1 aromatic rings. The SMILES string of the molecule is Cl.NC1CCC(NC(=O)c2cc(F)c(F)cc2Br)CC1. The summed E-state index contributed by atoms with van der Waals surface area (Å²) in [6.45, 7) is 0. The predicted molar refractivity (Wildman–Crippen MR) is 79.0 cm³/mol. The maximum Gasteiger partial charge on any atom is 0.252 e. The molecule has 0 heterocycles. The Morgan fingerprint density at radius 2 is 1.75 bits per heavy atom. The summed E-state index contributed by atoms with van der Waals surface area (Å²) < 4.78 is 26.4. The predicted octanol–water partition coefficient (Wildman–Crippen LogP) is 3.15. The van der Waals surface area contributed by atoms with Gasteiger partial charge in [0.1, 0.15) is 0 Å². The summed E-state index contributed by atoms with van der Waals surface area (Å²) in [5.41, 5.74) is 5.89. The van der Waals surface area contributed by atoms with Crippen molar-refractivity contribution >= 4 is 34.2 Å². The largest absolute Gasteiger partial charge is 0.349 e. The maximum atomic E-state index is 13.2. The maximum absolute atomic E-state index is 13.2. The molecule has 0 radical (unpaired) electrons. The molecule has 112 valence electrons. The zero-order valence-corrected chi connectivity index (χ0v) is 13.1. The lowest BCUT2D eigenvalue weighted by Gasteiger charge is -2.26. The van der Waals surface area contributed by atoms with Crippen molar-refractivity contribution in [2.45, 2.75) is 37.8 Å². The van der Waals surface area contributed by atoms with Crippen LogP contribution in [0.1, 0.15) is 36.0 Å². The standard InChI is InChI=1S/C13H15BrF2N2O.ClH/c14-10-6-12(16)11(15)5-9(10)13(19)18-8-3-1-7(17)2-4-8;/h5-8H,1-4,17H2,(H,18,19);1H. The number of nitrogens with one attached hydrogen (secondary N) is 1. The molecule has 0 bridgehead atoms. The van der Waals surface area contributed by atoms with Crippen molar-refractivity contribution in [3.05, 3.63) is 33.8 Å². The number of rotatable bonds is 2. The normalized spacial score (nSPS) is 22.0. The van der Waals surface area contributed by atoms with Crippen molar-refractivity contribution < 1.29 is 13.6 Å². The highest BCUT2D eigenvalue weighted by molar-refractivity contribution is 9.10. The van der Waals surface area contributed by atoms with E-state index in [2.05, 4.69) is 21.2 Å². The molecular formula is C13H16BrClF2N2O. The molecule has 0 unspecified atom stereocenters. The van der Waals surface area contributed by atoms with Gasteiger partial charge in [-0.2, -0.15) is 0 Å². The fourth-order valence-corrected chi connectivity index (χ4v) is 2.72. The number of carbonyl (C=O) groups is 1. The average Bonchev–Trinajstić information content (AvgIpc) is 2.36. The van der Waals surface area contributed by atoms with Crippen LogP contribution in [0.15, 0.2) is 16.6 Å². The van der Waals surface area contributed by atoms with Crippen LogP contribution in [0, 0.1) is 11.6 Å². The zero-order chi connectivity index (χ0) is 14.0. The summed E-state index contributed by atoms with van der Waals surface area (Å²) in [4.78, 5) is 12.0. The molecule has 0 aromatic heterocycles. The summed E-state index contributed by atoms with van der Waals surface area (Å²) in [5.74, 6) is -2.41. The molecule has 0 atom stereocenters. The second-order valence-electron chi connectivity index (χ2n) is 4.83. The first-order valence-electron chi connectivity index (χ1n) is 6.18. The Labute approximate surface area is 130 Å². The molecule has 3 N–H and O–H groups in total. The van der Waals surface area contributed by atoms with E-state index in [9.17, 15) is 13.6 Å². The monoisotopic (exact) mass is 368 g/mol. The Balaban J connectivity index is 0.00000200. The van der Waals surface area contributed by atoms with E-state index in [1.54, 1.807) is 0 Å². The molecule has 0 spiro atoms. The van der Waals surface area contributed by atoms with Gasteiger partial charge in [0.25, 0.3) is 5.91 Å². The quantitative estimate of drug-likeness (QED) is 0.787. The molecule has 0 saturated heterocycles. The third kappa shape index (κ3) is 4.14. The van der Waals surface area contributed by atoms with Crippen LogP contribution in [0.25, 0.3) is 0 Å². The number of hydrogen-bond donors (Lipinski definition) is 2. The van der Waals surface area contributed by atoms with E-state index in [4.69, 9.17) is 5.73 Å². The van der Waals surface area contributed by atoms with Crippen LogP contribution in [0.3, 0.4) is 0 Å². The Hall–Kier alpha value is -0.720. The summed E-state index contributed by atoms with van der Waals surface area (Å²) in [5, 5.41) is 2.83. The molecule has 3 nitrogen and oxygen atoms in total. The molecule has 1 amide bonds. The molecule has 1 aromatic carbocycles. The van der Waals surface area contributed by atoms with Crippen molar-refractivity contribution in [3.63, 3.8) is 0 Å². The highest BCUT2D eigenvalue weighted by Crippen LogP contribution is 2.22. The van der Waals surface area contributed by atoms with E-state index in [-0.39, 0.29) is 34.5 Å². The van der Waals surface area contributed by atoms with Crippen LogP contribution in [0.4, 0.5) is 8.78 Å². The number of benzene rings is 1. The van der Waals surface area contributed by atoms with E-state index in [1.165, 1.54) is 0 Å². The summed E-state index contributed by atoms with van der Waals surface area (Å²) in [7, 11) is 0. The van der Waals surface area contributed by atoms with Gasteiger partial charge in [0, 0.05) is 16.6 Å². The molecule has 1 aliphatic rings. The first-order chi connectivity index (χ1) is 8.97. The summed E-state index contributed by atoms with van der Waals surface area (Å²) in [6.07, 6.45) is 3.36. The number of amides is 1. The lowest BCUT2D eigenvalue weighted by Crippen LogP contribution is -2.40. The fraction of sp³-hybridized carbons (Fsp3) is 0.462. The molecule has 7 heteroatoms. The lowest BCUT2D eigenvalue weighted by atomic mass is 9.91. The first kappa shape index (κ1) is 17.3. The third-order valence-corrected chi connectivity index (χ3v) is 4.02. The van der Waals surface area contributed by atoms with E-state index in [0.717, 1.165) is 37.8 Å². The van der Waals surface area contributed by atoms with E-state index >= 15 is 0 Å². The first-order valence-corrected chi connectivity index (χ1v) is 6.97. The molecule has 1 fully saturated rings. The minimum Gasteiger partial charge on any atom is -0.349 e. The van der Waals surface area contributed by atoms with Gasteiger partial charge in [-0.1, -0.05) is 0 Å². The molecule has 0 aliphatic heterocycles. The number of halogens is 4. The highest BCUT2D eigenvalue weighted by Gasteiger charge is 2.22. The van der Waals surface area contributed by atoms with Gasteiger partial charge in [0.15, 0.2) is 11.6 Å². The molecule has 1 aliphatic carbocycles. The fourth-order valence-electron chi connectivity index (χ4n) is 2.22. The zero-order valence-electron chi connectivity index (χ0n) is 10.7. The number of hydrogen-bond acceptors (Lipinski definition) is 2. The van der Waals surface area contributed by atoms with Gasteiger partial charge in [-0.3, -0.25) is 4.79 Å². The molecule has 1 saturated carbocycles. The lowest BCUT2D eigenvalue weighted by molar-refractivity contribution is 0.0924. The second kappa shape index (κ2) is 7.33. The van der Waals surface area contributed by atoms with Gasteiger partial charge in [-0.05, 0) is 53.7 Å². The molecule has 2 rings (SSSR count). The van der Waals surface area contributed by atoms with Crippen LogP contribution < -0.4 is 11.1 Å². The van der Waals surface area contributed by atoms with Gasteiger partial charge >= 0.3 is 0 Å². The number of nitrogens with two attached hydrogens (primary N) is 1. The van der Waals surface area contributed by atoms with Crippen molar-refractivity contribution in [1.29, 1.82) is 0 Å². The van der Waals surface area contributed by atoms with Crippen LogP contribution in [-0.4, -0.2) is 18.0 Å². The van der Waals surface area contributed by atoms with Crippen molar-refractivity contribution in [3.8, 4) is 0 Å². The topological polar surface area (TPSA) is 55.1 Å². The van der Waals surface area contributed by atoms with Crippen molar-refractivity contribution in [2.75, 3.05) is 0 Å². The Morgan fingerprint density at radius 3 is 2.35 bits per heavy atom. The third-order valence-electron chi connectivity index (χ3n) is 3.36. The van der Waals surface area contributed by atoms with Gasteiger partial charge < -0.3 is 11.1 Å². The molecular weight excluding hydrogens is 354 g/mol. The van der Waals surface area contributed by atoms with Crippen LogP contribution in [0.5, 0.6) is 0 Å². The Kier molecular flexibility index (Phi) is 6.36. The van der Waals surface area contributed by atoms with Gasteiger partial charge in [0.2, 0.25) is 0 Å².